The Morgan fingerprint density at radius 1 is 1.25 bits per heavy atom. The minimum Gasteiger partial charge on any atom is -0.497 e. The number of nitrogens with one attached hydrogen (secondary N) is 1. The molecule has 132 valence electrons. The third kappa shape index (κ3) is 4.41. The minimum absolute atomic E-state index is 0.0810. The van der Waals surface area contributed by atoms with Gasteiger partial charge in [-0.1, -0.05) is 0 Å². The Labute approximate surface area is 148 Å². The van der Waals surface area contributed by atoms with Crippen LogP contribution in [0.3, 0.4) is 0 Å². The van der Waals surface area contributed by atoms with Crippen LogP contribution < -0.4 is 10.1 Å². The van der Waals surface area contributed by atoms with Gasteiger partial charge in [0.05, 0.1) is 12.5 Å². The minimum atomic E-state index is -0.541. The van der Waals surface area contributed by atoms with Crippen molar-refractivity contribution in [2.75, 3.05) is 26.1 Å². The van der Waals surface area contributed by atoms with E-state index in [4.69, 9.17) is 16.3 Å². The summed E-state index contributed by atoms with van der Waals surface area (Å²) in [5, 5.41) is 3.04. The predicted octanol–water partition coefficient (Wildman–Crippen LogP) is 2.68. The Morgan fingerprint density at radius 3 is 2.33 bits per heavy atom. The number of likely N-dealkylation sites (tertiary alicyclic amines) is 1. The molecule has 1 aromatic carbocycles. The van der Waals surface area contributed by atoms with Gasteiger partial charge in [-0.3, -0.25) is 9.59 Å². The standard InChI is InChI=1S/C18H25ClN2O3/c1-18(2,12-19)17(23)21-10-8-14(9-11-21)20-16(22)13-4-6-15(24-3)7-5-13/h4-7,14H,8-12H2,1-3H3,(H,20,22). The Kier molecular flexibility index (Phi) is 6.10. The molecular formula is C18H25ClN2O3. The zero-order valence-corrected chi connectivity index (χ0v) is 15.2. The molecule has 1 heterocycles. The second kappa shape index (κ2) is 7.88. The molecule has 1 fully saturated rings. The highest BCUT2D eigenvalue weighted by molar-refractivity contribution is 6.19. The van der Waals surface area contributed by atoms with Crippen LogP contribution >= 0.6 is 11.6 Å². The van der Waals surface area contributed by atoms with E-state index in [2.05, 4.69) is 5.32 Å². The number of hydrogen-bond donors (Lipinski definition) is 1. The molecule has 1 aliphatic heterocycles. The molecule has 24 heavy (non-hydrogen) atoms. The molecular weight excluding hydrogens is 328 g/mol. The lowest BCUT2D eigenvalue weighted by Gasteiger charge is -2.36. The normalized spacial score (nSPS) is 15.9. The van der Waals surface area contributed by atoms with Gasteiger partial charge in [0, 0.05) is 30.6 Å². The van der Waals surface area contributed by atoms with E-state index in [9.17, 15) is 9.59 Å². The zero-order chi connectivity index (χ0) is 17.7. The molecule has 0 aliphatic carbocycles. The molecule has 1 aromatic rings. The fraction of sp³-hybridized carbons (Fsp3) is 0.556. The first-order chi connectivity index (χ1) is 11.4. The lowest BCUT2D eigenvalue weighted by atomic mass is 9.92. The van der Waals surface area contributed by atoms with Gasteiger partial charge in [0.1, 0.15) is 5.75 Å². The fourth-order valence-electron chi connectivity index (χ4n) is 2.72. The third-order valence-electron chi connectivity index (χ3n) is 4.38. The van der Waals surface area contributed by atoms with Crippen LogP contribution in [0, 0.1) is 5.41 Å². The summed E-state index contributed by atoms with van der Waals surface area (Å²) < 4.78 is 5.09. The molecule has 0 bridgehead atoms. The van der Waals surface area contributed by atoms with Gasteiger partial charge in [0.2, 0.25) is 5.91 Å². The highest BCUT2D eigenvalue weighted by atomic mass is 35.5. The molecule has 0 unspecified atom stereocenters. The number of halogens is 1. The first-order valence-corrected chi connectivity index (χ1v) is 8.71. The van der Waals surface area contributed by atoms with Crippen LogP contribution in [0.4, 0.5) is 0 Å². The van der Waals surface area contributed by atoms with Crippen molar-refractivity contribution in [3.63, 3.8) is 0 Å². The largest absolute Gasteiger partial charge is 0.497 e. The number of ether oxygens (including phenoxy) is 1. The number of alkyl halides is 1. The number of carbonyl (C=O) groups excluding carboxylic acids is 2. The maximum atomic E-state index is 12.4. The number of amides is 2. The molecule has 0 spiro atoms. The van der Waals surface area contributed by atoms with Crippen LogP contribution in [-0.4, -0.2) is 48.8 Å². The number of carbonyl (C=O) groups is 2. The summed E-state index contributed by atoms with van der Waals surface area (Å²) in [7, 11) is 1.59. The third-order valence-corrected chi connectivity index (χ3v) is 5.05. The average molecular weight is 353 g/mol. The van der Waals surface area contributed by atoms with Crippen LogP contribution in [0.1, 0.15) is 37.0 Å². The first-order valence-electron chi connectivity index (χ1n) is 8.17. The Morgan fingerprint density at radius 2 is 1.83 bits per heavy atom. The molecule has 2 amide bonds. The summed E-state index contributed by atoms with van der Waals surface area (Å²) in [5.41, 5.74) is 0.0679. The van der Waals surface area contributed by atoms with Crippen molar-refractivity contribution in [3.05, 3.63) is 29.8 Å². The highest BCUT2D eigenvalue weighted by Crippen LogP contribution is 2.23. The fourth-order valence-corrected chi connectivity index (χ4v) is 2.84. The second-order valence-corrected chi connectivity index (χ2v) is 7.05. The maximum Gasteiger partial charge on any atom is 0.251 e. The van der Waals surface area contributed by atoms with Gasteiger partial charge in [-0.2, -0.15) is 0 Å². The van der Waals surface area contributed by atoms with Gasteiger partial charge in [-0.05, 0) is 51.0 Å². The SMILES string of the molecule is COc1ccc(C(=O)NC2CCN(C(=O)C(C)(C)CCl)CC2)cc1. The van der Waals surface area contributed by atoms with Crippen molar-refractivity contribution >= 4 is 23.4 Å². The first kappa shape index (κ1) is 18.6. The van der Waals surface area contributed by atoms with Gasteiger partial charge in [0.15, 0.2) is 0 Å². The van der Waals surface area contributed by atoms with E-state index >= 15 is 0 Å². The quantitative estimate of drug-likeness (QED) is 0.829. The van der Waals surface area contributed by atoms with Crippen molar-refractivity contribution in [1.29, 1.82) is 0 Å². The van der Waals surface area contributed by atoms with Crippen LogP contribution in [0.25, 0.3) is 0 Å². The van der Waals surface area contributed by atoms with Crippen molar-refractivity contribution < 1.29 is 14.3 Å². The number of piperidine rings is 1. The van der Waals surface area contributed by atoms with E-state index in [0.29, 0.717) is 24.5 Å². The van der Waals surface area contributed by atoms with Crippen molar-refractivity contribution in [2.24, 2.45) is 5.41 Å². The van der Waals surface area contributed by atoms with E-state index in [1.165, 1.54) is 0 Å². The van der Waals surface area contributed by atoms with Crippen LogP contribution in [0.15, 0.2) is 24.3 Å². The monoisotopic (exact) mass is 352 g/mol. The molecule has 1 N–H and O–H groups in total. The van der Waals surface area contributed by atoms with E-state index in [1.807, 2.05) is 18.7 Å². The average Bonchev–Trinajstić information content (AvgIpc) is 2.61. The smallest absolute Gasteiger partial charge is 0.251 e. The summed E-state index contributed by atoms with van der Waals surface area (Å²) in [6, 6.07) is 7.11. The molecule has 1 aliphatic rings. The van der Waals surface area contributed by atoms with Crippen molar-refractivity contribution in [1.82, 2.24) is 10.2 Å². The number of nitrogens with zero attached hydrogens (tertiary/aromatic N) is 1. The molecule has 0 radical (unpaired) electrons. The number of benzene rings is 1. The van der Waals surface area contributed by atoms with E-state index in [1.54, 1.807) is 31.4 Å². The molecule has 0 aromatic heterocycles. The summed E-state index contributed by atoms with van der Waals surface area (Å²) in [6.45, 7) is 5.01. The summed E-state index contributed by atoms with van der Waals surface area (Å²) in [5.74, 6) is 1.01. The second-order valence-electron chi connectivity index (χ2n) is 6.79. The topological polar surface area (TPSA) is 58.6 Å². The van der Waals surface area contributed by atoms with Crippen LogP contribution in [0.2, 0.25) is 0 Å². The van der Waals surface area contributed by atoms with Crippen LogP contribution in [-0.2, 0) is 4.79 Å². The molecule has 0 saturated carbocycles. The van der Waals surface area contributed by atoms with Gasteiger partial charge >= 0.3 is 0 Å². The molecule has 0 atom stereocenters. The van der Waals surface area contributed by atoms with Gasteiger partial charge in [-0.15, -0.1) is 11.6 Å². The number of methoxy groups -OCH3 is 1. The highest BCUT2D eigenvalue weighted by Gasteiger charge is 2.33. The number of hydrogen-bond acceptors (Lipinski definition) is 3. The summed E-state index contributed by atoms with van der Waals surface area (Å²) in [4.78, 5) is 26.5. The Balaban J connectivity index is 1.86. The molecule has 2 rings (SSSR count). The van der Waals surface area contributed by atoms with E-state index in [-0.39, 0.29) is 17.9 Å². The summed E-state index contributed by atoms with van der Waals surface area (Å²) in [6.07, 6.45) is 1.51. The van der Waals surface area contributed by atoms with Crippen LogP contribution in [0.5, 0.6) is 5.75 Å². The van der Waals surface area contributed by atoms with Gasteiger partial charge in [-0.25, -0.2) is 0 Å². The number of rotatable bonds is 5. The molecule has 5 nitrogen and oxygen atoms in total. The van der Waals surface area contributed by atoms with Crippen molar-refractivity contribution in [3.8, 4) is 5.75 Å². The Hall–Kier alpha value is -1.75. The summed E-state index contributed by atoms with van der Waals surface area (Å²) >= 11 is 5.88. The van der Waals surface area contributed by atoms with Gasteiger partial charge < -0.3 is 15.0 Å². The molecule has 1 saturated heterocycles. The zero-order valence-electron chi connectivity index (χ0n) is 14.5. The van der Waals surface area contributed by atoms with Crippen molar-refractivity contribution in [2.45, 2.75) is 32.7 Å². The van der Waals surface area contributed by atoms with E-state index in [0.717, 1.165) is 18.6 Å². The Bertz CT molecular complexity index is 578. The lowest BCUT2D eigenvalue weighted by Crippen LogP contribution is -2.50. The predicted molar refractivity (Wildman–Crippen MR) is 94.6 cm³/mol. The lowest BCUT2D eigenvalue weighted by molar-refractivity contribution is -0.140. The molecule has 6 heteroatoms. The maximum absolute atomic E-state index is 12.4. The van der Waals surface area contributed by atoms with Gasteiger partial charge in [0.25, 0.3) is 5.91 Å². The van der Waals surface area contributed by atoms with E-state index < -0.39 is 5.41 Å².